The topological polar surface area (TPSA) is 107 Å². The minimum Gasteiger partial charge on any atom is -0.508 e. The van der Waals surface area contributed by atoms with Gasteiger partial charge in [-0.2, -0.15) is 9.97 Å². The molecule has 3 N–H and O–H groups in total. The molecule has 0 amide bonds. The van der Waals surface area contributed by atoms with Crippen LogP contribution in [0.5, 0.6) is 11.8 Å². The summed E-state index contributed by atoms with van der Waals surface area (Å²) in [6.45, 7) is 2.67. The van der Waals surface area contributed by atoms with Crippen LogP contribution < -0.4 is 15.0 Å². The van der Waals surface area contributed by atoms with Crippen molar-refractivity contribution >= 4 is 27.5 Å². The molecule has 3 fully saturated rings. The predicted molar refractivity (Wildman–Crippen MR) is 151 cm³/mol. The number of benzene rings is 2. The first-order chi connectivity index (χ1) is 19.4. The van der Waals surface area contributed by atoms with Gasteiger partial charge in [0.2, 0.25) is 0 Å². The number of piperazine rings is 1. The van der Waals surface area contributed by atoms with E-state index in [9.17, 15) is 10.2 Å². The fraction of sp³-hybridized carbons (Fsp3) is 0.433. The van der Waals surface area contributed by atoms with Crippen molar-refractivity contribution < 1.29 is 19.3 Å². The number of aromatic hydroxyl groups is 1. The van der Waals surface area contributed by atoms with Gasteiger partial charge in [0, 0.05) is 36.9 Å². The first-order valence-electron chi connectivity index (χ1n) is 14.0. The molecular formula is C30H33FN6O3. The Morgan fingerprint density at radius 1 is 1.18 bits per heavy atom. The van der Waals surface area contributed by atoms with Crippen LogP contribution in [0.1, 0.15) is 25.7 Å². The van der Waals surface area contributed by atoms with E-state index in [1.165, 1.54) is 6.07 Å². The summed E-state index contributed by atoms with van der Waals surface area (Å²) in [6, 6.07) is 11.3. The van der Waals surface area contributed by atoms with Crippen molar-refractivity contribution in [3.8, 4) is 23.0 Å². The third-order valence-corrected chi connectivity index (χ3v) is 8.84. The highest BCUT2D eigenvalue weighted by atomic mass is 19.1. The lowest BCUT2D eigenvalue weighted by molar-refractivity contribution is 0.166. The smallest absolute Gasteiger partial charge is 0.319 e. The van der Waals surface area contributed by atoms with Gasteiger partial charge in [-0.15, -0.1) is 0 Å². The molecule has 0 radical (unpaired) electrons. The zero-order valence-electron chi connectivity index (χ0n) is 22.5. The number of anilines is 1. The van der Waals surface area contributed by atoms with Gasteiger partial charge in [0.15, 0.2) is 5.82 Å². The largest absolute Gasteiger partial charge is 0.508 e. The van der Waals surface area contributed by atoms with E-state index in [2.05, 4.69) is 32.1 Å². The summed E-state index contributed by atoms with van der Waals surface area (Å²) in [5.41, 5.74) is 0.309. The minimum atomic E-state index is -0.588. The monoisotopic (exact) mass is 544 g/mol. The van der Waals surface area contributed by atoms with Gasteiger partial charge in [0.05, 0.1) is 17.5 Å². The molecule has 3 aliphatic heterocycles. The van der Waals surface area contributed by atoms with Crippen LogP contribution in [0.15, 0.2) is 42.6 Å². The number of phenolic OH excluding ortho intramolecular Hbond substituents is 1. The summed E-state index contributed by atoms with van der Waals surface area (Å²) < 4.78 is 22.6. The maximum Gasteiger partial charge on any atom is 0.319 e. The molecule has 7 rings (SSSR count). The molecule has 9 nitrogen and oxygen atoms in total. The van der Waals surface area contributed by atoms with E-state index in [-0.39, 0.29) is 41.7 Å². The van der Waals surface area contributed by atoms with Crippen LogP contribution in [0.25, 0.3) is 32.9 Å². The summed E-state index contributed by atoms with van der Waals surface area (Å²) in [5.74, 6) is 0.00751. The van der Waals surface area contributed by atoms with Gasteiger partial charge in [-0.3, -0.25) is 4.98 Å². The van der Waals surface area contributed by atoms with Crippen LogP contribution in [0.3, 0.4) is 0 Å². The standard InChI is InChI=1S/C30H33FN6O3/c1-36-10-4-6-20(36)15-40-29-33-27-24(28(34-29)37-14-19-8-9-30(16-37,17-38)35-19)13-32-26(25(27)31)23-12-21(39)11-18-5-2-3-7-22(18)23/h2-3,5,7,11-13,19-20,35,38-39H,4,6,8-10,14-17H2,1H3/t19?,20-,30?/m0/s1. The second-order valence-electron chi connectivity index (χ2n) is 11.5. The molecule has 0 spiro atoms. The van der Waals surface area contributed by atoms with Crippen molar-refractivity contribution in [2.75, 3.05) is 44.8 Å². The molecule has 3 atom stereocenters. The molecule has 3 saturated heterocycles. The lowest BCUT2D eigenvalue weighted by atomic mass is 9.98. The molecule has 5 heterocycles. The Morgan fingerprint density at radius 3 is 2.88 bits per heavy atom. The van der Waals surface area contributed by atoms with E-state index in [4.69, 9.17) is 9.72 Å². The number of aliphatic hydroxyl groups is 1. The fourth-order valence-electron chi connectivity index (χ4n) is 6.69. The van der Waals surface area contributed by atoms with Crippen molar-refractivity contribution in [1.82, 2.24) is 25.2 Å². The van der Waals surface area contributed by atoms with Crippen molar-refractivity contribution in [1.29, 1.82) is 0 Å². The second-order valence-corrected chi connectivity index (χ2v) is 11.5. The summed E-state index contributed by atoms with van der Waals surface area (Å²) >= 11 is 0. The first-order valence-corrected chi connectivity index (χ1v) is 14.0. The Hall–Kier alpha value is -3.60. The molecule has 2 bridgehead atoms. The van der Waals surface area contributed by atoms with Crippen LogP contribution >= 0.6 is 0 Å². The third kappa shape index (κ3) is 4.31. The van der Waals surface area contributed by atoms with Crippen molar-refractivity contribution in [3.63, 3.8) is 0 Å². The van der Waals surface area contributed by atoms with E-state index in [0.29, 0.717) is 36.5 Å². The predicted octanol–water partition coefficient (Wildman–Crippen LogP) is 3.47. The first kappa shape index (κ1) is 25.4. The normalized spacial score (nSPS) is 24.8. The van der Waals surface area contributed by atoms with Crippen molar-refractivity contribution in [3.05, 3.63) is 48.4 Å². The number of ether oxygens (including phenoxy) is 1. The number of fused-ring (bicyclic) bond motifs is 4. The SMILES string of the molecule is CN1CCC[C@H]1COc1nc(N2CC3CCC(CO)(C2)N3)c2cnc(-c3cc(O)cc4ccccc34)c(F)c2n1. The zero-order valence-corrected chi connectivity index (χ0v) is 22.5. The quantitative estimate of drug-likeness (QED) is 0.336. The number of aromatic nitrogens is 3. The summed E-state index contributed by atoms with van der Waals surface area (Å²) in [4.78, 5) is 18.3. The Balaban J connectivity index is 1.36. The lowest BCUT2D eigenvalue weighted by Gasteiger charge is -2.41. The fourth-order valence-corrected chi connectivity index (χ4v) is 6.69. The molecule has 4 aromatic rings. The van der Waals surface area contributed by atoms with Gasteiger partial charge in [-0.05, 0) is 62.2 Å². The van der Waals surface area contributed by atoms with Crippen LogP contribution in [0.4, 0.5) is 10.2 Å². The lowest BCUT2D eigenvalue weighted by Crippen LogP contribution is -2.61. The van der Waals surface area contributed by atoms with Gasteiger partial charge in [0.1, 0.15) is 29.4 Å². The molecule has 2 unspecified atom stereocenters. The molecule has 2 aromatic heterocycles. The third-order valence-electron chi connectivity index (χ3n) is 8.84. The van der Waals surface area contributed by atoms with Gasteiger partial charge in [-0.1, -0.05) is 24.3 Å². The average molecular weight is 545 g/mol. The van der Waals surface area contributed by atoms with Crippen molar-refractivity contribution in [2.24, 2.45) is 0 Å². The van der Waals surface area contributed by atoms with E-state index in [1.807, 2.05) is 24.3 Å². The van der Waals surface area contributed by atoms with E-state index >= 15 is 4.39 Å². The molecule has 10 heteroatoms. The Kier molecular flexibility index (Phi) is 6.21. The molecule has 0 aliphatic carbocycles. The second kappa shape index (κ2) is 9.79. The highest BCUT2D eigenvalue weighted by Crippen LogP contribution is 2.39. The van der Waals surface area contributed by atoms with Crippen molar-refractivity contribution in [2.45, 2.75) is 43.3 Å². The zero-order chi connectivity index (χ0) is 27.4. The number of nitrogens with one attached hydrogen (secondary N) is 1. The molecule has 0 saturated carbocycles. The van der Waals surface area contributed by atoms with Gasteiger partial charge < -0.3 is 30.1 Å². The number of hydrogen-bond donors (Lipinski definition) is 3. The number of likely N-dealkylation sites (N-methyl/N-ethyl adjacent to an activating group) is 1. The number of rotatable bonds is 6. The Labute approximate surface area is 231 Å². The number of phenols is 1. The van der Waals surface area contributed by atoms with E-state index in [0.717, 1.165) is 43.0 Å². The van der Waals surface area contributed by atoms with Gasteiger partial charge in [-0.25, -0.2) is 4.39 Å². The molecule has 40 heavy (non-hydrogen) atoms. The van der Waals surface area contributed by atoms with Gasteiger partial charge >= 0.3 is 6.01 Å². The van der Waals surface area contributed by atoms with E-state index < -0.39 is 11.4 Å². The maximum atomic E-state index is 16.5. The molecule has 208 valence electrons. The van der Waals surface area contributed by atoms with Crippen LogP contribution in [0, 0.1) is 5.82 Å². The van der Waals surface area contributed by atoms with Crippen LogP contribution in [-0.4, -0.2) is 87.6 Å². The minimum absolute atomic E-state index is 0.0156. The number of nitrogens with zero attached hydrogens (tertiary/aromatic N) is 5. The summed E-state index contributed by atoms with van der Waals surface area (Å²) in [6.07, 6.45) is 5.58. The maximum absolute atomic E-state index is 16.5. The highest BCUT2D eigenvalue weighted by Gasteiger charge is 2.45. The van der Waals surface area contributed by atoms with Gasteiger partial charge in [0.25, 0.3) is 0 Å². The summed E-state index contributed by atoms with van der Waals surface area (Å²) in [7, 11) is 2.08. The Bertz CT molecular complexity index is 1600. The summed E-state index contributed by atoms with van der Waals surface area (Å²) in [5, 5.41) is 26.2. The average Bonchev–Trinajstić information content (AvgIpc) is 3.52. The number of aliphatic hydroxyl groups excluding tert-OH is 1. The van der Waals surface area contributed by atoms with E-state index in [1.54, 1.807) is 12.3 Å². The number of pyridine rings is 1. The van der Waals surface area contributed by atoms with Crippen LogP contribution in [-0.2, 0) is 0 Å². The molecule has 2 aromatic carbocycles. The highest BCUT2D eigenvalue weighted by molar-refractivity contribution is 5.99. The molecular weight excluding hydrogens is 511 g/mol. The number of halogens is 1. The van der Waals surface area contributed by atoms with Crippen LogP contribution in [0.2, 0.25) is 0 Å². The number of hydrogen-bond acceptors (Lipinski definition) is 9. The number of likely N-dealkylation sites (tertiary alicyclic amines) is 1. The Morgan fingerprint density at radius 2 is 2.05 bits per heavy atom. The molecule has 3 aliphatic rings.